The van der Waals surface area contributed by atoms with Crippen LogP contribution in [0.25, 0.3) is 0 Å². The molecule has 1 saturated heterocycles. The molecule has 1 fully saturated rings. The predicted octanol–water partition coefficient (Wildman–Crippen LogP) is 2.12. The fraction of sp³-hybridized carbons (Fsp3) is 0.625. The van der Waals surface area contributed by atoms with Gasteiger partial charge in [0.25, 0.3) is 0 Å². The van der Waals surface area contributed by atoms with Crippen molar-refractivity contribution >= 4 is 11.5 Å². The van der Waals surface area contributed by atoms with E-state index in [2.05, 4.69) is 20.9 Å². The molecule has 1 aliphatic heterocycles. The highest BCUT2D eigenvalue weighted by Gasteiger charge is 2.20. The van der Waals surface area contributed by atoms with Gasteiger partial charge >= 0.3 is 0 Å². The lowest BCUT2D eigenvalue weighted by Gasteiger charge is -2.35. The maximum absolute atomic E-state index is 9.03. The van der Waals surface area contributed by atoms with Crippen LogP contribution in [0.4, 0.5) is 11.5 Å². The van der Waals surface area contributed by atoms with Crippen LogP contribution in [-0.4, -0.2) is 42.6 Å². The van der Waals surface area contributed by atoms with Crippen LogP contribution in [0.15, 0.2) is 18.3 Å². The van der Waals surface area contributed by atoms with Crippen molar-refractivity contribution in [1.29, 1.82) is 5.26 Å². The lowest BCUT2D eigenvalue weighted by Crippen LogP contribution is -2.47. The minimum atomic E-state index is -0.199. The summed E-state index contributed by atoms with van der Waals surface area (Å²) >= 11 is 0. The molecule has 21 heavy (non-hydrogen) atoms. The second-order valence-electron chi connectivity index (χ2n) is 6.38. The largest absolute Gasteiger partial charge is 0.397 e. The minimum Gasteiger partial charge on any atom is -0.397 e. The fourth-order valence-corrected chi connectivity index (χ4v) is 2.59. The maximum Gasteiger partial charge on any atom is 0.128 e. The van der Waals surface area contributed by atoms with Gasteiger partial charge in [-0.2, -0.15) is 5.26 Å². The van der Waals surface area contributed by atoms with Crippen LogP contribution in [0, 0.1) is 16.7 Å². The number of pyridine rings is 1. The average Bonchev–Trinajstić information content (AvgIpc) is 2.49. The third-order valence-corrected chi connectivity index (χ3v) is 4.05. The Labute approximate surface area is 127 Å². The van der Waals surface area contributed by atoms with E-state index in [9.17, 15) is 0 Å². The van der Waals surface area contributed by atoms with Gasteiger partial charge in [0.05, 0.1) is 23.4 Å². The predicted molar refractivity (Wildman–Crippen MR) is 85.9 cm³/mol. The van der Waals surface area contributed by atoms with Crippen molar-refractivity contribution in [3.63, 3.8) is 0 Å². The summed E-state index contributed by atoms with van der Waals surface area (Å²) in [6.45, 7) is 9.21. The molecule has 2 N–H and O–H groups in total. The van der Waals surface area contributed by atoms with Crippen LogP contribution in [0.3, 0.4) is 0 Å². The highest BCUT2D eigenvalue weighted by atomic mass is 15.3. The molecule has 0 atom stereocenters. The first-order valence-corrected chi connectivity index (χ1v) is 7.60. The van der Waals surface area contributed by atoms with Crippen molar-refractivity contribution in [2.75, 3.05) is 43.4 Å². The van der Waals surface area contributed by atoms with Crippen molar-refractivity contribution in [3.8, 4) is 6.07 Å². The van der Waals surface area contributed by atoms with E-state index in [1.165, 1.54) is 0 Å². The summed E-state index contributed by atoms with van der Waals surface area (Å²) in [6, 6.07) is 6.25. The van der Waals surface area contributed by atoms with Crippen molar-refractivity contribution in [2.45, 2.75) is 26.7 Å². The third-order valence-electron chi connectivity index (χ3n) is 4.05. The molecule has 2 heterocycles. The van der Waals surface area contributed by atoms with Gasteiger partial charge in [-0.3, -0.25) is 4.90 Å². The fourth-order valence-electron chi connectivity index (χ4n) is 2.59. The molecular formula is C16H25N5. The smallest absolute Gasteiger partial charge is 0.128 e. The van der Waals surface area contributed by atoms with Gasteiger partial charge in [-0.1, -0.05) is 0 Å². The first-order chi connectivity index (χ1) is 10.00. The molecule has 0 aromatic carbocycles. The molecule has 1 aliphatic rings. The zero-order valence-corrected chi connectivity index (χ0v) is 13.0. The Morgan fingerprint density at radius 3 is 2.57 bits per heavy atom. The Morgan fingerprint density at radius 2 is 2.00 bits per heavy atom. The molecule has 0 aliphatic carbocycles. The van der Waals surface area contributed by atoms with E-state index < -0.39 is 0 Å². The first-order valence-electron chi connectivity index (χ1n) is 7.60. The number of hydrogen-bond acceptors (Lipinski definition) is 5. The number of nitrogen functional groups attached to an aromatic ring is 1. The van der Waals surface area contributed by atoms with Crippen molar-refractivity contribution in [1.82, 2.24) is 9.88 Å². The van der Waals surface area contributed by atoms with Crippen LogP contribution >= 0.6 is 0 Å². The van der Waals surface area contributed by atoms with Gasteiger partial charge < -0.3 is 10.6 Å². The summed E-state index contributed by atoms with van der Waals surface area (Å²) in [5.74, 6) is 1.01. The zero-order chi connectivity index (χ0) is 15.3. The monoisotopic (exact) mass is 287 g/mol. The van der Waals surface area contributed by atoms with Crippen LogP contribution in [0.5, 0.6) is 0 Å². The Hall–Kier alpha value is -1.80. The lowest BCUT2D eigenvalue weighted by molar-refractivity contribution is 0.242. The number of aromatic nitrogens is 1. The van der Waals surface area contributed by atoms with Crippen LogP contribution < -0.4 is 10.6 Å². The third kappa shape index (κ3) is 4.61. The van der Waals surface area contributed by atoms with Gasteiger partial charge in [0.1, 0.15) is 5.82 Å². The Morgan fingerprint density at radius 1 is 1.29 bits per heavy atom. The summed E-state index contributed by atoms with van der Waals surface area (Å²) < 4.78 is 0. The molecule has 0 saturated carbocycles. The quantitative estimate of drug-likeness (QED) is 0.898. The van der Waals surface area contributed by atoms with Crippen molar-refractivity contribution in [3.05, 3.63) is 18.3 Å². The molecule has 0 amide bonds. The van der Waals surface area contributed by atoms with Gasteiger partial charge in [0.2, 0.25) is 0 Å². The van der Waals surface area contributed by atoms with Crippen LogP contribution in [0.1, 0.15) is 26.7 Å². The van der Waals surface area contributed by atoms with E-state index >= 15 is 0 Å². The normalized spacial score (nSPS) is 16.7. The summed E-state index contributed by atoms with van der Waals surface area (Å²) in [7, 11) is 0. The maximum atomic E-state index is 9.03. The Bertz CT molecular complexity index is 480. The van der Waals surface area contributed by atoms with E-state index in [-0.39, 0.29) is 5.41 Å². The molecule has 0 spiro atoms. The molecule has 1 aromatic heterocycles. The van der Waals surface area contributed by atoms with E-state index in [1.807, 2.05) is 26.0 Å². The summed E-state index contributed by atoms with van der Waals surface area (Å²) in [5, 5.41) is 9.03. The summed E-state index contributed by atoms with van der Waals surface area (Å²) in [6.07, 6.45) is 3.76. The van der Waals surface area contributed by atoms with E-state index in [0.29, 0.717) is 5.69 Å². The van der Waals surface area contributed by atoms with Gasteiger partial charge in [-0.05, 0) is 45.4 Å². The number of anilines is 2. The molecule has 5 nitrogen and oxygen atoms in total. The van der Waals surface area contributed by atoms with Crippen molar-refractivity contribution < 1.29 is 0 Å². The highest BCUT2D eigenvalue weighted by Crippen LogP contribution is 2.21. The molecule has 114 valence electrons. The van der Waals surface area contributed by atoms with Crippen molar-refractivity contribution in [2.24, 2.45) is 5.41 Å². The number of nitriles is 1. The molecular weight excluding hydrogens is 262 g/mol. The first kappa shape index (κ1) is 15.6. The topological polar surface area (TPSA) is 69.2 Å². The van der Waals surface area contributed by atoms with Gasteiger partial charge in [-0.25, -0.2) is 4.98 Å². The molecule has 0 bridgehead atoms. The van der Waals surface area contributed by atoms with Crippen LogP contribution in [-0.2, 0) is 0 Å². The number of nitrogens with two attached hydrogens (primary N) is 1. The SMILES string of the molecule is CC(C)(C#N)CCCN1CCN(c2ccc(N)cn2)CC1. The number of nitrogens with zero attached hydrogens (tertiary/aromatic N) is 4. The van der Waals surface area contributed by atoms with Gasteiger partial charge in [-0.15, -0.1) is 0 Å². The van der Waals surface area contributed by atoms with E-state index in [1.54, 1.807) is 6.20 Å². The summed E-state index contributed by atoms with van der Waals surface area (Å²) in [4.78, 5) is 9.15. The zero-order valence-electron chi connectivity index (χ0n) is 13.0. The molecule has 1 aromatic rings. The molecule has 5 heteroatoms. The lowest BCUT2D eigenvalue weighted by atomic mass is 9.90. The standard InChI is InChI=1S/C16H25N5/c1-16(2,13-17)6-3-7-20-8-10-21(11-9-20)15-5-4-14(18)12-19-15/h4-5,12H,3,6-11,18H2,1-2H3. The van der Waals surface area contributed by atoms with E-state index in [4.69, 9.17) is 11.0 Å². The Kier molecular flexibility index (Phi) is 5.03. The minimum absolute atomic E-state index is 0.199. The average molecular weight is 287 g/mol. The van der Waals surface area contributed by atoms with Gasteiger partial charge in [0.15, 0.2) is 0 Å². The van der Waals surface area contributed by atoms with Crippen LogP contribution in [0.2, 0.25) is 0 Å². The van der Waals surface area contributed by atoms with E-state index in [0.717, 1.165) is 51.4 Å². The molecule has 0 radical (unpaired) electrons. The Balaban J connectivity index is 1.74. The van der Waals surface area contributed by atoms with Gasteiger partial charge in [0, 0.05) is 26.2 Å². The second kappa shape index (κ2) is 6.77. The number of rotatable bonds is 5. The number of hydrogen-bond donors (Lipinski definition) is 1. The molecule has 2 rings (SSSR count). The highest BCUT2D eigenvalue weighted by molar-refractivity contribution is 5.46. The molecule has 0 unspecified atom stereocenters. The summed E-state index contributed by atoms with van der Waals surface area (Å²) in [5.41, 5.74) is 6.17. The number of piperazine rings is 1. The second-order valence-corrected chi connectivity index (χ2v) is 6.38.